The van der Waals surface area contributed by atoms with Gasteiger partial charge in [0.1, 0.15) is 12.4 Å². The van der Waals surface area contributed by atoms with Gasteiger partial charge in [-0.1, -0.05) is 18.2 Å². The fourth-order valence-corrected chi connectivity index (χ4v) is 2.05. The second-order valence-electron chi connectivity index (χ2n) is 5.21. The minimum atomic E-state index is -0.375. The highest BCUT2D eigenvalue weighted by Gasteiger charge is 2.08. The molecule has 6 heteroatoms. The third-order valence-corrected chi connectivity index (χ3v) is 3.43. The van der Waals surface area contributed by atoms with Crippen LogP contribution in [0.25, 0.3) is 0 Å². The van der Waals surface area contributed by atoms with E-state index in [1.54, 1.807) is 36.4 Å². The second kappa shape index (κ2) is 9.08. The molecule has 1 N–H and O–H groups in total. The number of methoxy groups -OCH3 is 1. The van der Waals surface area contributed by atoms with Gasteiger partial charge in [-0.3, -0.25) is 9.59 Å². The van der Waals surface area contributed by atoms with Crippen LogP contribution < -0.4 is 10.1 Å². The maximum absolute atomic E-state index is 12.1. The van der Waals surface area contributed by atoms with Gasteiger partial charge in [0, 0.05) is 12.1 Å². The molecule has 0 aliphatic carbocycles. The Labute approximate surface area is 146 Å². The molecule has 2 aromatic carbocycles. The van der Waals surface area contributed by atoms with Gasteiger partial charge in [0.15, 0.2) is 0 Å². The molecule has 0 aliphatic heterocycles. The summed E-state index contributed by atoms with van der Waals surface area (Å²) in [6, 6.07) is 15.9. The molecule has 25 heavy (non-hydrogen) atoms. The molecule has 0 aromatic heterocycles. The van der Waals surface area contributed by atoms with Crippen molar-refractivity contribution in [3.8, 4) is 11.8 Å². The Morgan fingerprint density at radius 3 is 2.60 bits per heavy atom. The minimum Gasteiger partial charge on any atom is -0.489 e. The number of hydrogen-bond donors (Lipinski definition) is 1. The SMILES string of the molecule is COC(=O)CCNC(=O)c1cccc(OCc2ccc(C#N)cc2)c1. The zero-order valence-corrected chi connectivity index (χ0v) is 13.8. The lowest BCUT2D eigenvalue weighted by molar-refractivity contribution is -0.140. The van der Waals surface area contributed by atoms with Crippen LogP contribution in [-0.4, -0.2) is 25.5 Å². The molecule has 2 rings (SSSR count). The number of carbonyl (C=O) groups is 2. The molecule has 0 aliphatic rings. The van der Waals surface area contributed by atoms with Crippen molar-refractivity contribution in [1.82, 2.24) is 5.32 Å². The van der Waals surface area contributed by atoms with Crippen LogP contribution >= 0.6 is 0 Å². The van der Waals surface area contributed by atoms with E-state index in [1.165, 1.54) is 7.11 Å². The van der Waals surface area contributed by atoms with Crippen molar-refractivity contribution < 1.29 is 19.1 Å². The first-order valence-corrected chi connectivity index (χ1v) is 7.69. The lowest BCUT2D eigenvalue weighted by atomic mass is 10.1. The molecule has 128 valence electrons. The lowest BCUT2D eigenvalue weighted by Crippen LogP contribution is -2.26. The van der Waals surface area contributed by atoms with Crippen molar-refractivity contribution in [2.45, 2.75) is 13.0 Å². The normalized spacial score (nSPS) is 9.76. The van der Waals surface area contributed by atoms with E-state index in [0.29, 0.717) is 23.5 Å². The van der Waals surface area contributed by atoms with Crippen molar-refractivity contribution in [2.24, 2.45) is 0 Å². The summed E-state index contributed by atoms with van der Waals surface area (Å²) >= 11 is 0. The summed E-state index contributed by atoms with van der Waals surface area (Å²) in [6.45, 7) is 0.543. The Morgan fingerprint density at radius 2 is 1.92 bits per heavy atom. The van der Waals surface area contributed by atoms with Crippen molar-refractivity contribution >= 4 is 11.9 Å². The van der Waals surface area contributed by atoms with Crippen LogP contribution in [0.5, 0.6) is 5.75 Å². The van der Waals surface area contributed by atoms with E-state index in [9.17, 15) is 9.59 Å². The largest absolute Gasteiger partial charge is 0.489 e. The van der Waals surface area contributed by atoms with Gasteiger partial charge in [-0.2, -0.15) is 5.26 Å². The molecule has 0 bridgehead atoms. The molecule has 6 nitrogen and oxygen atoms in total. The van der Waals surface area contributed by atoms with Crippen molar-refractivity contribution in [3.63, 3.8) is 0 Å². The first-order chi connectivity index (χ1) is 12.1. The smallest absolute Gasteiger partial charge is 0.307 e. The van der Waals surface area contributed by atoms with Gasteiger partial charge in [0.2, 0.25) is 0 Å². The van der Waals surface area contributed by atoms with Gasteiger partial charge in [0.25, 0.3) is 5.91 Å². The molecule has 1 amide bonds. The van der Waals surface area contributed by atoms with Crippen LogP contribution in [0.1, 0.15) is 27.9 Å². The summed E-state index contributed by atoms with van der Waals surface area (Å²) in [4.78, 5) is 23.1. The molecule has 0 saturated carbocycles. The summed E-state index contributed by atoms with van der Waals surface area (Å²) in [7, 11) is 1.30. The monoisotopic (exact) mass is 338 g/mol. The van der Waals surface area contributed by atoms with Crippen LogP contribution in [0.4, 0.5) is 0 Å². The molecular weight excluding hydrogens is 320 g/mol. The van der Waals surface area contributed by atoms with Gasteiger partial charge in [-0.05, 0) is 35.9 Å². The van der Waals surface area contributed by atoms with E-state index in [4.69, 9.17) is 10.00 Å². The molecule has 0 radical (unpaired) electrons. The van der Waals surface area contributed by atoms with Crippen molar-refractivity contribution in [3.05, 3.63) is 65.2 Å². The first-order valence-electron chi connectivity index (χ1n) is 7.69. The van der Waals surface area contributed by atoms with Crippen molar-refractivity contribution in [2.75, 3.05) is 13.7 Å². The van der Waals surface area contributed by atoms with E-state index in [2.05, 4.69) is 16.1 Å². The number of nitrogens with one attached hydrogen (secondary N) is 1. The van der Waals surface area contributed by atoms with E-state index in [1.807, 2.05) is 12.1 Å². The van der Waals surface area contributed by atoms with Gasteiger partial charge in [-0.25, -0.2) is 0 Å². The van der Waals surface area contributed by atoms with E-state index < -0.39 is 0 Å². The predicted molar refractivity (Wildman–Crippen MR) is 90.9 cm³/mol. The fourth-order valence-electron chi connectivity index (χ4n) is 2.05. The molecular formula is C19H18N2O4. The van der Waals surface area contributed by atoms with Gasteiger partial charge >= 0.3 is 5.97 Å². The summed E-state index contributed by atoms with van der Waals surface area (Å²) < 4.78 is 10.2. The number of rotatable bonds is 7. The maximum Gasteiger partial charge on any atom is 0.307 e. The Kier molecular flexibility index (Phi) is 6.55. The Balaban J connectivity index is 1.90. The Bertz CT molecular complexity index is 779. The van der Waals surface area contributed by atoms with Crippen LogP contribution in [0.2, 0.25) is 0 Å². The zero-order valence-electron chi connectivity index (χ0n) is 13.8. The average Bonchev–Trinajstić information content (AvgIpc) is 2.66. The van der Waals surface area contributed by atoms with Gasteiger partial charge < -0.3 is 14.8 Å². The zero-order chi connectivity index (χ0) is 18.1. The van der Waals surface area contributed by atoms with Crippen LogP contribution in [0, 0.1) is 11.3 Å². The van der Waals surface area contributed by atoms with Gasteiger partial charge in [-0.15, -0.1) is 0 Å². The number of hydrogen-bond acceptors (Lipinski definition) is 5. The Morgan fingerprint density at radius 1 is 1.16 bits per heavy atom. The fraction of sp³-hybridized carbons (Fsp3) is 0.211. The molecule has 0 heterocycles. The second-order valence-corrected chi connectivity index (χ2v) is 5.21. The molecule has 0 unspecified atom stereocenters. The highest BCUT2D eigenvalue weighted by molar-refractivity contribution is 5.94. The predicted octanol–water partition coefficient (Wildman–Crippen LogP) is 2.43. The number of nitrogens with zero attached hydrogens (tertiary/aromatic N) is 1. The molecule has 0 fully saturated rings. The summed E-state index contributed by atoms with van der Waals surface area (Å²) in [5, 5.41) is 11.4. The first kappa shape index (κ1) is 18.0. The molecule has 2 aromatic rings. The highest BCUT2D eigenvalue weighted by atomic mass is 16.5. The number of ether oxygens (including phenoxy) is 2. The standard InChI is InChI=1S/C19H18N2O4/c1-24-18(22)9-10-21-19(23)16-3-2-4-17(11-16)25-13-15-7-5-14(12-20)6-8-15/h2-8,11H,9-10,13H2,1H3,(H,21,23). The summed E-state index contributed by atoms with van der Waals surface area (Å²) in [5.74, 6) is -0.0995. The van der Waals surface area contributed by atoms with Crippen LogP contribution in [-0.2, 0) is 16.1 Å². The third kappa shape index (κ3) is 5.66. The van der Waals surface area contributed by atoms with Crippen LogP contribution in [0.3, 0.4) is 0 Å². The maximum atomic E-state index is 12.1. The third-order valence-electron chi connectivity index (χ3n) is 3.43. The van der Waals surface area contributed by atoms with Crippen LogP contribution in [0.15, 0.2) is 48.5 Å². The van der Waals surface area contributed by atoms with E-state index in [-0.39, 0.29) is 24.8 Å². The topological polar surface area (TPSA) is 88.4 Å². The van der Waals surface area contributed by atoms with E-state index >= 15 is 0 Å². The Hall–Kier alpha value is -3.33. The van der Waals surface area contributed by atoms with Crippen molar-refractivity contribution in [1.29, 1.82) is 5.26 Å². The minimum absolute atomic E-state index is 0.122. The number of nitriles is 1. The number of amides is 1. The number of carbonyl (C=O) groups excluding carboxylic acids is 2. The number of benzene rings is 2. The number of esters is 1. The lowest BCUT2D eigenvalue weighted by Gasteiger charge is -2.09. The van der Waals surface area contributed by atoms with Gasteiger partial charge in [0.05, 0.1) is 25.2 Å². The molecule has 0 spiro atoms. The quantitative estimate of drug-likeness (QED) is 0.783. The summed E-state index contributed by atoms with van der Waals surface area (Å²) in [5.41, 5.74) is 1.96. The highest BCUT2D eigenvalue weighted by Crippen LogP contribution is 2.15. The van der Waals surface area contributed by atoms with E-state index in [0.717, 1.165) is 5.56 Å². The molecule has 0 atom stereocenters. The molecule has 0 saturated heterocycles. The average molecular weight is 338 g/mol. The summed E-state index contributed by atoms with van der Waals surface area (Å²) in [6.07, 6.45) is 0.122.